The summed E-state index contributed by atoms with van der Waals surface area (Å²) in [6.07, 6.45) is -2.88. The Morgan fingerprint density at radius 3 is 2.67 bits per heavy atom. The van der Waals surface area contributed by atoms with E-state index in [-0.39, 0.29) is 10.2 Å². The third kappa shape index (κ3) is 2.49. The second-order valence-corrected chi connectivity index (χ2v) is 3.55. The van der Waals surface area contributed by atoms with E-state index >= 15 is 0 Å². The van der Waals surface area contributed by atoms with Crippen molar-refractivity contribution >= 4 is 32.8 Å². The Labute approximate surface area is 96.8 Å². The maximum absolute atomic E-state index is 12.4. The van der Waals surface area contributed by atoms with Gasteiger partial charge in [-0.25, -0.2) is 13.8 Å². The molecule has 0 aliphatic heterocycles. The number of aromatic nitrogens is 1. The number of hydrogen-bond donors (Lipinski definition) is 0. The lowest BCUT2D eigenvalue weighted by atomic mass is 10.1. The molecular weight excluding hydrogens is 293 g/mol. The topological polar surface area (TPSA) is 53.8 Å². The number of carbonyl (C=O) groups is 1. The molecule has 0 aliphatic carbocycles. The first-order valence-electron chi connectivity index (χ1n) is 3.56. The highest BCUT2D eigenvalue weighted by Gasteiger charge is 2.19. The smallest absolute Gasteiger partial charge is 0.266 e. The summed E-state index contributed by atoms with van der Waals surface area (Å²) in [5.74, 6) is 0. The minimum absolute atomic E-state index is 0.0246. The van der Waals surface area contributed by atoms with Gasteiger partial charge in [-0.2, -0.15) is 5.26 Å². The van der Waals surface area contributed by atoms with E-state index in [0.29, 0.717) is 0 Å². The van der Waals surface area contributed by atoms with Crippen molar-refractivity contribution in [2.45, 2.75) is 6.43 Å². The first kappa shape index (κ1) is 12.0. The molecule has 0 atom stereocenters. The van der Waals surface area contributed by atoms with Crippen LogP contribution in [0.3, 0.4) is 0 Å². The molecule has 15 heavy (non-hydrogen) atoms. The molecule has 1 rings (SSSR count). The van der Waals surface area contributed by atoms with E-state index in [2.05, 4.69) is 20.9 Å². The average molecular weight is 295 g/mol. The van der Waals surface area contributed by atoms with Gasteiger partial charge in [0.25, 0.3) is 11.7 Å². The second kappa shape index (κ2) is 4.64. The van der Waals surface area contributed by atoms with Crippen LogP contribution in [0.4, 0.5) is 8.78 Å². The van der Waals surface area contributed by atoms with E-state index in [4.69, 9.17) is 16.9 Å². The summed E-state index contributed by atoms with van der Waals surface area (Å²) >= 11 is 8.00. The Morgan fingerprint density at radius 2 is 2.27 bits per heavy atom. The number of hydrogen-bond acceptors (Lipinski definition) is 3. The monoisotopic (exact) mass is 294 g/mol. The molecule has 0 fully saturated rings. The number of pyridine rings is 1. The highest BCUT2D eigenvalue weighted by atomic mass is 79.9. The fourth-order valence-electron chi connectivity index (χ4n) is 0.900. The highest BCUT2D eigenvalue weighted by molar-refractivity contribution is 9.10. The second-order valence-electron chi connectivity index (χ2n) is 2.45. The molecule has 0 saturated heterocycles. The number of alkyl halides is 2. The first-order valence-corrected chi connectivity index (χ1v) is 4.73. The predicted molar refractivity (Wildman–Crippen MR) is 51.8 cm³/mol. The normalized spacial score (nSPS) is 10.1. The standard InChI is InChI=1S/C8H2BrClF2N2O/c9-6-4(7(10)15)1-3(8(11)12)5(2-13)14-6/h1,8H. The number of carbonyl (C=O) groups excluding carboxylic acids is 1. The van der Waals surface area contributed by atoms with Crippen LogP contribution in [0, 0.1) is 11.3 Å². The molecule has 0 aromatic carbocycles. The van der Waals surface area contributed by atoms with E-state index in [0.717, 1.165) is 6.07 Å². The van der Waals surface area contributed by atoms with Gasteiger partial charge in [0.15, 0.2) is 5.69 Å². The van der Waals surface area contributed by atoms with E-state index in [1.165, 1.54) is 6.07 Å². The molecule has 1 aromatic rings. The van der Waals surface area contributed by atoms with Crippen molar-refractivity contribution in [3.05, 3.63) is 27.5 Å². The van der Waals surface area contributed by atoms with E-state index < -0.39 is 22.9 Å². The quantitative estimate of drug-likeness (QED) is 0.622. The van der Waals surface area contributed by atoms with Crippen LogP contribution in [0.15, 0.2) is 10.7 Å². The van der Waals surface area contributed by atoms with Gasteiger partial charge in [0.2, 0.25) is 0 Å². The van der Waals surface area contributed by atoms with Gasteiger partial charge in [0.1, 0.15) is 10.7 Å². The molecule has 0 spiro atoms. The molecule has 1 aromatic heterocycles. The summed E-state index contributed by atoms with van der Waals surface area (Å²) in [4.78, 5) is 14.3. The molecule has 0 bridgehead atoms. The number of nitriles is 1. The van der Waals surface area contributed by atoms with Crippen LogP contribution in [-0.4, -0.2) is 10.2 Å². The van der Waals surface area contributed by atoms with Crippen molar-refractivity contribution in [1.29, 1.82) is 5.26 Å². The molecule has 0 saturated carbocycles. The van der Waals surface area contributed by atoms with Gasteiger partial charge in [-0.15, -0.1) is 0 Å². The molecule has 7 heteroatoms. The van der Waals surface area contributed by atoms with E-state index in [9.17, 15) is 13.6 Å². The zero-order chi connectivity index (χ0) is 11.6. The SMILES string of the molecule is N#Cc1nc(Br)c(C(=O)Cl)cc1C(F)F. The summed E-state index contributed by atoms with van der Waals surface area (Å²) < 4.78 is 24.8. The summed E-state index contributed by atoms with van der Waals surface area (Å²) in [6, 6.07) is 2.37. The Hall–Kier alpha value is -1.06. The summed E-state index contributed by atoms with van der Waals surface area (Å²) in [6.45, 7) is 0. The fraction of sp³-hybridized carbons (Fsp3) is 0.125. The van der Waals surface area contributed by atoms with Crippen LogP contribution in [0.1, 0.15) is 28.0 Å². The van der Waals surface area contributed by atoms with E-state index in [1.54, 1.807) is 0 Å². The van der Waals surface area contributed by atoms with Crippen LogP contribution in [0.25, 0.3) is 0 Å². The van der Waals surface area contributed by atoms with Gasteiger partial charge in [0, 0.05) is 0 Å². The first-order chi connectivity index (χ1) is 6.97. The van der Waals surface area contributed by atoms with Gasteiger partial charge in [0.05, 0.1) is 11.1 Å². The van der Waals surface area contributed by atoms with Crippen molar-refractivity contribution in [2.24, 2.45) is 0 Å². The molecule has 0 radical (unpaired) electrons. The van der Waals surface area contributed by atoms with Crippen LogP contribution in [0.2, 0.25) is 0 Å². The van der Waals surface area contributed by atoms with Crippen molar-refractivity contribution in [2.75, 3.05) is 0 Å². The third-order valence-electron chi connectivity index (χ3n) is 1.56. The molecule has 1 heterocycles. The predicted octanol–water partition coefficient (Wildman–Crippen LogP) is 3.03. The summed E-state index contributed by atoms with van der Waals surface area (Å²) in [5.41, 5.74) is -1.23. The minimum Gasteiger partial charge on any atom is -0.276 e. The molecule has 0 unspecified atom stereocenters. The molecule has 3 nitrogen and oxygen atoms in total. The van der Waals surface area contributed by atoms with Crippen LogP contribution in [-0.2, 0) is 0 Å². The van der Waals surface area contributed by atoms with E-state index in [1.807, 2.05) is 0 Å². The van der Waals surface area contributed by atoms with Gasteiger partial charge < -0.3 is 0 Å². The lowest BCUT2D eigenvalue weighted by Gasteiger charge is -2.05. The van der Waals surface area contributed by atoms with Crippen LogP contribution >= 0.6 is 27.5 Å². The number of nitrogens with zero attached hydrogens (tertiary/aromatic N) is 2. The van der Waals surface area contributed by atoms with Crippen molar-refractivity contribution < 1.29 is 13.6 Å². The Balaban J connectivity index is 3.45. The van der Waals surface area contributed by atoms with Gasteiger partial charge in [-0.3, -0.25) is 4.79 Å². The Morgan fingerprint density at radius 1 is 1.67 bits per heavy atom. The largest absolute Gasteiger partial charge is 0.276 e. The molecule has 0 N–H and O–H groups in total. The van der Waals surface area contributed by atoms with Crippen LogP contribution < -0.4 is 0 Å². The van der Waals surface area contributed by atoms with Crippen molar-refractivity contribution in [3.8, 4) is 6.07 Å². The Bertz CT molecular complexity index is 459. The van der Waals surface area contributed by atoms with Gasteiger partial charge in [-0.1, -0.05) is 0 Å². The summed E-state index contributed by atoms with van der Waals surface area (Å²) in [5, 5.41) is 7.62. The molecule has 78 valence electrons. The zero-order valence-electron chi connectivity index (χ0n) is 6.97. The van der Waals surface area contributed by atoms with Gasteiger partial charge >= 0.3 is 0 Å². The molecule has 0 aliphatic rings. The summed E-state index contributed by atoms with van der Waals surface area (Å²) in [7, 11) is 0. The van der Waals surface area contributed by atoms with Gasteiger partial charge in [-0.05, 0) is 33.6 Å². The van der Waals surface area contributed by atoms with Crippen molar-refractivity contribution in [1.82, 2.24) is 4.98 Å². The average Bonchev–Trinajstić information content (AvgIpc) is 2.16. The van der Waals surface area contributed by atoms with Crippen LogP contribution in [0.5, 0.6) is 0 Å². The minimum atomic E-state index is -2.88. The number of rotatable bonds is 2. The maximum Gasteiger partial charge on any atom is 0.266 e. The zero-order valence-corrected chi connectivity index (χ0v) is 9.31. The molecular formula is C8H2BrClF2N2O. The lowest BCUT2D eigenvalue weighted by Crippen LogP contribution is -2.01. The number of halogens is 4. The fourth-order valence-corrected chi connectivity index (χ4v) is 1.63. The highest BCUT2D eigenvalue weighted by Crippen LogP contribution is 2.26. The molecule has 0 amide bonds. The third-order valence-corrected chi connectivity index (χ3v) is 2.37. The Kier molecular flexibility index (Phi) is 3.72. The lowest BCUT2D eigenvalue weighted by molar-refractivity contribution is 0.107. The maximum atomic E-state index is 12.4. The van der Waals surface area contributed by atoms with Crippen molar-refractivity contribution in [3.63, 3.8) is 0 Å².